The molecule has 0 amide bonds. The molecule has 0 saturated carbocycles. The standard InChI is InChI=1S/C15H16N2O2S4/c18-23(19,16-11-12-5-3-8-20-12)10-4-9-21-15-17-13-6-1-2-7-14(13)22-15/h1-3,5-8,16H,4,9-11H2. The van der Waals surface area contributed by atoms with Crippen molar-refractivity contribution in [2.45, 2.75) is 17.3 Å². The second kappa shape index (κ2) is 7.76. The Balaban J connectivity index is 1.43. The summed E-state index contributed by atoms with van der Waals surface area (Å²) in [6.45, 7) is 0.380. The van der Waals surface area contributed by atoms with E-state index < -0.39 is 10.0 Å². The zero-order valence-electron chi connectivity index (χ0n) is 12.3. The van der Waals surface area contributed by atoms with E-state index in [1.165, 1.54) is 4.70 Å². The Labute approximate surface area is 148 Å². The number of para-hydroxylation sites is 1. The zero-order valence-corrected chi connectivity index (χ0v) is 15.5. The van der Waals surface area contributed by atoms with E-state index >= 15 is 0 Å². The van der Waals surface area contributed by atoms with Gasteiger partial charge in [-0.15, -0.1) is 22.7 Å². The van der Waals surface area contributed by atoms with Crippen molar-refractivity contribution in [2.75, 3.05) is 11.5 Å². The highest BCUT2D eigenvalue weighted by Crippen LogP contribution is 2.29. The first-order valence-corrected chi connectivity index (χ1v) is 11.4. The number of rotatable bonds is 8. The smallest absolute Gasteiger partial charge is 0.211 e. The van der Waals surface area contributed by atoms with Crippen LogP contribution in [0.1, 0.15) is 11.3 Å². The van der Waals surface area contributed by atoms with Gasteiger partial charge in [0.15, 0.2) is 4.34 Å². The van der Waals surface area contributed by atoms with Crippen LogP contribution in [-0.4, -0.2) is 24.9 Å². The molecule has 0 unspecified atom stereocenters. The number of nitrogens with zero attached hydrogens (tertiary/aromatic N) is 1. The van der Waals surface area contributed by atoms with Crippen LogP contribution < -0.4 is 4.72 Å². The van der Waals surface area contributed by atoms with E-state index in [-0.39, 0.29) is 5.75 Å². The molecule has 0 aliphatic heterocycles. The number of thiazole rings is 1. The zero-order chi connectivity index (χ0) is 16.1. The molecule has 3 rings (SSSR count). The van der Waals surface area contributed by atoms with Crippen LogP contribution in [0.25, 0.3) is 10.2 Å². The molecule has 3 aromatic rings. The molecule has 0 saturated heterocycles. The van der Waals surface area contributed by atoms with E-state index in [0.717, 1.165) is 20.5 Å². The monoisotopic (exact) mass is 384 g/mol. The van der Waals surface area contributed by atoms with Gasteiger partial charge in [0.05, 0.1) is 16.0 Å². The SMILES string of the molecule is O=S(=O)(CCCSc1nc2ccccc2s1)NCc1cccs1. The summed E-state index contributed by atoms with van der Waals surface area (Å²) in [6.07, 6.45) is 0.611. The lowest BCUT2D eigenvalue weighted by Crippen LogP contribution is -2.25. The summed E-state index contributed by atoms with van der Waals surface area (Å²) < 4.78 is 28.7. The van der Waals surface area contributed by atoms with E-state index in [1.54, 1.807) is 34.4 Å². The molecule has 4 nitrogen and oxygen atoms in total. The first-order chi connectivity index (χ1) is 11.1. The molecule has 23 heavy (non-hydrogen) atoms. The Morgan fingerprint density at radius 1 is 1.17 bits per heavy atom. The molecule has 0 radical (unpaired) electrons. The molecule has 2 aromatic heterocycles. The number of sulfonamides is 1. The van der Waals surface area contributed by atoms with Gasteiger partial charge in [0, 0.05) is 17.2 Å². The number of nitrogens with one attached hydrogen (secondary N) is 1. The lowest BCUT2D eigenvalue weighted by atomic mass is 10.3. The summed E-state index contributed by atoms with van der Waals surface area (Å²) in [6, 6.07) is 11.9. The van der Waals surface area contributed by atoms with Crippen LogP contribution in [0.4, 0.5) is 0 Å². The van der Waals surface area contributed by atoms with Gasteiger partial charge >= 0.3 is 0 Å². The van der Waals surface area contributed by atoms with Gasteiger partial charge in [0.1, 0.15) is 0 Å². The molecule has 0 aliphatic carbocycles. The fourth-order valence-electron chi connectivity index (χ4n) is 1.99. The molecule has 122 valence electrons. The summed E-state index contributed by atoms with van der Waals surface area (Å²) in [7, 11) is -3.21. The van der Waals surface area contributed by atoms with Crippen LogP contribution in [0.2, 0.25) is 0 Å². The van der Waals surface area contributed by atoms with E-state index in [1.807, 2.05) is 35.7 Å². The molecule has 8 heteroatoms. The Kier molecular flexibility index (Phi) is 5.71. The van der Waals surface area contributed by atoms with Crippen molar-refractivity contribution in [2.24, 2.45) is 0 Å². The van der Waals surface area contributed by atoms with E-state index in [4.69, 9.17) is 0 Å². The number of aromatic nitrogens is 1. The second-order valence-electron chi connectivity index (χ2n) is 4.87. The van der Waals surface area contributed by atoms with Crippen molar-refractivity contribution in [1.82, 2.24) is 9.71 Å². The van der Waals surface area contributed by atoms with Crippen LogP contribution in [0.15, 0.2) is 46.1 Å². The van der Waals surface area contributed by atoms with Gasteiger partial charge in [-0.1, -0.05) is 30.0 Å². The molecule has 0 atom stereocenters. The summed E-state index contributed by atoms with van der Waals surface area (Å²) in [4.78, 5) is 5.56. The van der Waals surface area contributed by atoms with Crippen molar-refractivity contribution in [1.29, 1.82) is 0 Å². The summed E-state index contributed by atoms with van der Waals surface area (Å²) in [5, 5.41) is 1.94. The third-order valence-corrected chi connectivity index (χ3v) is 7.66. The fraction of sp³-hybridized carbons (Fsp3) is 0.267. The van der Waals surface area contributed by atoms with Crippen LogP contribution in [0, 0.1) is 0 Å². The number of hydrogen-bond donors (Lipinski definition) is 1. The Morgan fingerprint density at radius 3 is 2.83 bits per heavy atom. The minimum Gasteiger partial charge on any atom is -0.230 e. The third-order valence-electron chi connectivity index (χ3n) is 3.10. The predicted molar refractivity (Wildman–Crippen MR) is 99.9 cm³/mol. The molecule has 0 bridgehead atoms. The van der Waals surface area contributed by atoms with Gasteiger partial charge < -0.3 is 0 Å². The molecule has 0 aliphatic rings. The highest BCUT2D eigenvalue weighted by Gasteiger charge is 2.11. The molecule has 2 heterocycles. The molecule has 0 fully saturated rings. The van der Waals surface area contributed by atoms with Crippen molar-refractivity contribution in [3.8, 4) is 0 Å². The summed E-state index contributed by atoms with van der Waals surface area (Å²) >= 11 is 4.83. The minimum atomic E-state index is -3.21. The minimum absolute atomic E-state index is 0.149. The Hall–Kier alpha value is -0.930. The average molecular weight is 385 g/mol. The molecule has 1 aromatic carbocycles. The number of hydrogen-bond acceptors (Lipinski definition) is 6. The number of thioether (sulfide) groups is 1. The van der Waals surface area contributed by atoms with Crippen molar-refractivity contribution in [3.05, 3.63) is 46.7 Å². The maximum Gasteiger partial charge on any atom is 0.211 e. The molecular formula is C15H16N2O2S4. The van der Waals surface area contributed by atoms with Crippen molar-refractivity contribution < 1.29 is 8.42 Å². The Morgan fingerprint density at radius 2 is 2.04 bits per heavy atom. The van der Waals surface area contributed by atoms with E-state index in [2.05, 4.69) is 15.8 Å². The molecule has 1 N–H and O–H groups in total. The highest BCUT2D eigenvalue weighted by atomic mass is 32.2. The second-order valence-corrected chi connectivity index (χ2v) is 10.2. The largest absolute Gasteiger partial charge is 0.230 e. The van der Waals surface area contributed by atoms with E-state index in [9.17, 15) is 8.42 Å². The topological polar surface area (TPSA) is 59.1 Å². The normalized spacial score (nSPS) is 12.0. The van der Waals surface area contributed by atoms with Crippen LogP contribution in [-0.2, 0) is 16.6 Å². The number of thiophene rings is 1. The average Bonchev–Trinajstić information content (AvgIpc) is 3.18. The van der Waals surface area contributed by atoms with Crippen LogP contribution in [0.3, 0.4) is 0 Å². The third kappa shape index (κ3) is 5.02. The van der Waals surface area contributed by atoms with Gasteiger partial charge in [-0.2, -0.15) is 0 Å². The lowest BCUT2D eigenvalue weighted by Gasteiger charge is -2.04. The fourth-order valence-corrected chi connectivity index (χ4v) is 6.03. The lowest BCUT2D eigenvalue weighted by molar-refractivity contribution is 0.580. The first-order valence-electron chi connectivity index (χ1n) is 7.10. The molecule has 0 spiro atoms. The summed E-state index contributed by atoms with van der Waals surface area (Å²) in [5.41, 5.74) is 1.00. The predicted octanol–water partition coefficient (Wildman–Crippen LogP) is 3.96. The van der Waals surface area contributed by atoms with Gasteiger partial charge in [-0.3, -0.25) is 0 Å². The van der Waals surface area contributed by atoms with Gasteiger partial charge in [0.25, 0.3) is 0 Å². The number of benzene rings is 1. The van der Waals surface area contributed by atoms with Crippen molar-refractivity contribution >= 4 is 54.7 Å². The van der Waals surface area contributed by atoms with Gasteiger partial charge in [0.2, 0.25) is 10.0 Å². The van der Waals surface area contributed by atoms with E-state index in [0.29, 0.717) is 13.0 Å². The van der Waals surface area contributed by atoms with Gasteiger partial charge in [-0.25, -0.2) is 18.1 Å². The molecular weight excluding hydrogens is 368 g/mol. The number of fused-ring (bicyclic) bond motifs is 1. The quantitative estimate of drug-likeness (QED) is 0.472. The van der Waals surface area contributed by atoms with Gasteiger partial charge in [-0.05, 0) is 30.0 Å². The maximum absolute atomic E-state index is 11.9. The Bertz CT molecular complexity index is 824. The van der Waals surface area contributed by atoms with Crippen LogP contribution in [0.5, 0.6) is 0 Å². The van der Waals surface area contributed by atoms with Crippen molar-refractivity contribution in [3.63, 3.8) is 0 Å². The summed E-state index contributed by atoms with van der Waals surface area (Å²) in [5.74, 6) is 0.899. The van der Waals surface area contributed by atoms with Crippen LogP contribution >= 0.6 is 34.4 Å². The maximum atomic E-state index is 11.9. The highest BCUT2D eigenvalue weighted by molar-refractivity contribution is 8.01. The first kappa shape index (κ1) is 16.9.